The van der Waals surface area contributed by atoms with Crippen molar-refractivity contribution in [2.45, 2.75) is 51.5 Å². The number of aromatic nitrogens is 1. The lowest BCUT2D eigenvalue weighted by Crippen LogP contribution is -2.53. The molecule has 0 aliphatic heterocycles. The van der Waals surface area contributed by atoms with Crippen molar-refractivity contribution in [2.75, 3.05) is 6.61 Å². The predicted octanol–water partition coefficient (Wildman–Crippen LogP) is 2.31. The Labute approximate surface area is 122 Å². The fourth-order valence-corrected chi connectivity index (χ4v) is 3.24. The van der Waals surface area contributed by atoms with Crippen molar-refractivity contribution in [1.82, 2.24) is 10.3 Å². The minimum Gasteiger partial charge on any atom is -0.464 e. The van der Waals surface area contributed by atoms with E-state index in [1.54, 1.807) is 13.1 Å². The minimum absolute atomic E-state index is 0.225. The molecule has 20 heavy (non-hydrogen) atoms. The standard InChI is InChI=1S/C14H20N2O3S/c1-3-11-15-9-10(20-11)12(17)16-14(7-5-6-8-14)13(18)19-4-2/h9H,3-8H2,1-2H3,(H,16,17). The van der Waals surface area contributed by atoms with Crippen molar-refractivity contribution < 1.29 is 14.3 Å². The SMILES string of the molecule is CCOC(=O)C1(NC(=O)c2cnc(CC)s2)CCCC1. The van der Waals surface area contributed by atoms with Crippen molar-refractivity contribution >= 4 is 23.2 Å². The van der Waals surface area contributed by atoms with Crippen LogP contribution in [0.15, 0.2) is 6.20 Å². The molecule has 0 spiro atoms. The topological polar surface area (TPSA) is 68.3 Å². The highest BCUT2D eigenvalue weighted by atomic mass is 32.1. The van der Waals surface area contributed by atoms with Crippen molar-refractivity contribution in [1.29, 1.82) is 0 Å². The third kappa shape index (κ3) is 3.00. The number of nitrogens with zero attached hydrogens (tertiary/aromatic N) is 1. The molecule has 1 aromatic heterocycles. The van der Waals surface area contributed by atoms with Gasteiger partial charge in [-0.25, -0.2) is 9.78 Å². The first-order valence-electron chi connectivity index (χ1n) is 7.05. The van der Waals surface area contributed by atoms with Gasteiger partial charge in [-0.15, -0.1) is 11.3 Å². The van der Waals surface area contributed by atoms with Crippen LogP contribution in [-0.2, 0) is 16.0 Å². The summed E-state index contributed by atoms with van der Waals surface area (Å²) in [5.74, 6) is -0.539. The van der Waals surface area contributed by atoms with Gasteiger partial charge < -0.3 is 10.1 Å². The molecule has 110 valence electrons. The maximum absolute atomic E-state index is 12.3. The van der Waals surface area contributed by atoms with E-state index in [2.05, 4.69) is 10.3 Å². The zero-order chi connectivity index (χ0) is 14.6. The minimum atomic E-state index is -0.844. The molecule has 1 aromatic rings. The molecule has 1 aliphatic carbocycles. The summed E-state index contributed by atoms with van der Waals surface area (Å²) in [6.07, 6.45) is 5.55. The second-order valence-electron chi connectivity index (χ2n) is 4.94. The van der Waals surface area contributed by atoms with Gasteiger partial charge in [-0.2, -0.15) is 0 Å². The Balaban J connectivity index is 2.11. The lowest BCUT2D eigenvalue weighted by Gasteiger charge is -2.27. The molecule has 1 heterocycles. The van der Waals surface area contributed by atoms with Crippen molar-refractivity contribution in [3.63, 3.8) is 0 Å². The van der Waals surface area contributed by atoms with Gasteiger partial charge in [-0.05, 0) is 26.2 Å². The second-order valence-corrected chi connectivity index (χ2v) is 6.05. The van der Waals surface area contributed by atoms with Crippen LogP contribution in [0.25, 0.3) is 0 Å². The second kappa shape index (κ2) is 6.35. The molecule has 1 amide bonds. The summed E-state index contributed by atoms with van der Waals surface area (Å²) in [5.41, 5.74) is -0.844. The number of nitrogens with one attached hydrogen (secondary N) is 1. The maximum Gasteiger partial charge on any atom is 0.331 e. The van der Waals surface area contributed by atoms with Gasteiger partial charge in [0.15, 0.2) is 0 Å². The Morgan fingerprint density at radius 2 is 2.10 bits per heavy atom. The molecule has 2 rings (SSSR count). The van der Waals surface area contributed by atoms with E-state index in [0.717, 1.165) is 24.3 Å². The van der Waals surface area contributed by atoms with Gasteiger partial charge in [0.25, 0.3) is 5.91 Å². The fraction of sp³-hybridized carbons (Fsp3) is 0.643. The third-order valence-electron chi connectivity index (χ3n) is 3.56. The molecule has 0 atom stereocenters. The Kier molecular flexibility index (Phi) is 4.75. The van der Waals surface area contributed by atoms with Gasteiger partial charge >= 0.3 is 5.97 Å². The highest BCUT2D eigenvalue weighted by Gasteiger charge is 2.44. The van der Waals surface area contributed by atoms with Gasteiger partial charge in [0.05, 0.1) is 17.8 Å². The summed E-state index contributed by atoms with van der Waals surface area (Å²) >= 11 is 1.37. The molecular formula is C14H20N2O3S. The molecule has 0 bridgehead atoms. The van der Waals surface area contributed by atoms with E-state index in [1.165, 1.54) is 11.3 Å². The van der Waals surface area contributed by atoms with Crippen molar-refractivity contribution in [3.05, 3.63) is 16.1 Å². The van der Waals surface area contributed by atoms with E-state index in [4.69, 9.17) is 4.74 Å². The number of hydrogen-bond donors (Lipinski definition) is 1. The summed E-state index contributed by atoms with van der Waals surface area (Å²) in [7, 11) is 0. The zero-order valence-electron chi connectivity index (χ0n) is 11.9. The van der Waals surface area contributed by atoms with Crippen LogP contribution in [0, 0.1) is 0 Å². The molecule has 0 saturated heterocycles. The summed E-state index contributed by atoms with van der Waals surface area (Å²) < 4.78 is 5.13. The van der Waals surface area contributed by atoms with Crippen LogP contribution in [0.2, 0.25) is 0 Å². The predicted molar refractivity (Wildman–Crippen MR) is 76.8 cm³/mol. The summed E-state index contributed by atoms with van der Waals surface area (Å²) in [4.78, 5) is 29.2. The number of esters is 1. The third-order valence-corrected chi connectivity index (χ3v) is 4.70. The first-order chi connectivity index (χ1) is 9.61. The number of carbonyl (C=O) groups is 2. The maximum atomic E-state index is 12.3. The van der Waals surface area contributed by atoms with Crippen LogP contribution in [0.5, 0.6) is 0 Å². The summed E-state index contributed by atoms with van der Waals surface area (Å²) in [6, 6.07) is 0. The number of thiazole rings is 1. The Morgan fingerprint density at radius 3 is 2.65 bits per heavy atom. The van der Waals surface area contributed by atoms with Crippen LogP contribution in [-0.4, -0.2) is 29.0 Å². The molecule has 1 fully saturated rings. The smallest absolute Gasteiger partial charge is 0.331 e. The van der Waals surface area contributed by atoms with E-state index in [1.807, 2.05) is 6.92 Å². The van der Waals surface area contributed by atoms with Crippen LogP contribution in [0.3, 0.4) is 0 Å². The van der Waals surface area contributed by atoms with Gasteiger partial charge in [0, 0.05) is 0 Å². The number of carbonyl (C=O) groups excluding carboxylic acids is 2. The highest BCUT2D eigenvalue weighted by molar-refractivity contribution is 7.13. The van der Waals surface area contributed by atoms with Gasteiger partial charge in [0.2, 0.25) is 0 Å². The van der Waals surface area contributed by atoms with Crippen molar-refractivity contribution in [2.24, 2.45) is 0 Å². The first kappa shape index (κ1) is 15.0. The molecule has 1 saturated carbocycles. The Morgan fingerprint density at radius 1 is 1.40 bits per heavy atom. The zero-order valence-corrected chi connectivity index (χ0v) is 12.7. The van der Waals surface area contributed by atoms with E-state index >= 15 is 0 Å². The van der Waals surface area contributed by atoms with Gasteiger partial charge in [-0.1, -0.05) is 19.8 Å². The number of rotatable bonds is 5. The summed E-state index contributed by atoms with van der Waals surface area (Å²) in [6.45, 7) is 4.10. The Hall–Kier alpha value is -1.43. The quantitative estimate of drug-likeness (QED) is 0.847. The van der Waals surface area contributed by atoms with Gasteiger partial charge in [-0.3, -0.25) is 4.79 Å². The molecule has 0 unspecified atom stereocenters. The molecule has 5 nitrogen and oxygen atoms in total. The molecule has 1 aliphatic rings. The van der Waals surface area contributed by atoms with Crippen LogP contribution in [0.1, 0.15) is 54.2 Å². The number of aryl methyl sites for hydroxylation is 1. The van der Waals surface area contributed by atoms with Crippen molar-refractivity contribution in [3.8, 4) is 0 Å². The Bertz CT molecular complexity index is 492. The van der Waals surface area contributed by atoms with Gasteiger partial charge in [0.1, 0.15) is 10.4 Å². The largest absolute Gasteiger partial charge is 0.464 e. The van der Waals surface area contributed by atoms with E-state index in [0.29, 0.717) is 24.3 Å². The van der Waals surface area contributed by atoms with E-state index < -0.39 is 5.54 Å². The molecule has 6 heteroatoms. The molecule has 0 aromatic carbocycles. The van der Waals surface area contributed by atoms with Crippen LogP contribution < -0.4 is 5.32 Å². The number of amides is 1. The first-order valence-corrected chi connectivity index (χ1v) is 7.87. The number of hydrogen-bond acceptors (Lipinski definition) is 5. The monoisotopic (exact) mass is 296 g/mol. The lowest BCUT2D eigenvalue weighted by molar-refractivity contribution is -0.150. The number of ether oxygens (including phenoxy) is 1. The van der Waals surface area contributed by atoms with E-state index in [9.17, 15) is 9.59 Å². The normalized spacial score (nSPS) is 16.9. The average Bonchev–Trinajstić information content (AvgIpc) is 3.08. The van der Waals surface area contributed by atoms with E-state index in [-0.39, 0.29) is 11.9 Å². The fourth-order valence-electron chi connectivity index (χ4n) is 2.49. The molecule has 0 radical (unpaired) electrons. The average molecular weight is 296 g/mol. The molecular weight excluding hydrogens is 276 g/mol. The van der Waals surface area contributed by atoms with Crippen LogP contribution in [0.4, 0.5) is 0 Å². The highest BCUT2D eigenvalue weighted by Crippen LogP contribution is 2.31. The molecule has 1 N–H and O–H groups in total. The van der Waals surface area contributed by atoms with Crippen LogP contribution >= 0.6 is 11.3 Å². The summed E-state index contributed by atoms with van der Waals surface area (Å²) in [5, 5.41) is 3.81. The lowest BCUT2D eigenvalue weighted by atomic mass is 9.97.